The van der Waals surface area contributed by atoms with E-state index in [0.717, 1.165) is 16.5 Å². The van der Waals surface area contributed by atoms with E-state index in [2.05, 4.69) is 15.0 Å². The normalized spacial score (nSPS) is 9.76. The van der Waals surface area contributed by atoms with E-state index in [-0.39, 0.29) is 25.4 Å². The van der Waals surface area contributed by atoms with E-state index in [4.69, 9.17) is 11.6 Å². The average molecular weight is 365 g/mol. The molecule has 6 nitrogen and oxygen atoms in total. The van der Waals surface area contributed by atoms with Gasteiger partial charge in [-0.1, -0.05) is 31.5 Å². The lowest BCUT2D eigenvalue weighted by Gasteiger charge is -2.05. The number of Topliss-reactive ketones (excluding diaryl/α,β-unsaturated/α-hetero) is 1. The maximum Gasteiger partial charge on any atom is 0.396 e. The van der Waals surface area contributed by atoms with Crippen LogP contribution in [0.15, 0.2) is 30.5 Å². The summed E-state index contributed by atoms with van der Waals surface area (Å²) in [6.45, 7) is 5.47. The van der Waals surface area contributed by atoms with Gasteiger partial charge in [0.2, 0.25) is 0 Å². The lowest BCUT2D eigenvalue weighted by molar-refractivity contribution is -0.154. The molecule has 0 aliphatic rings. The second-order valence-electron chi connectivity index (χ2n) is 4.80. The molecule has 134 valence electrons. The Morgan fingerprint density at radius 3 is 2.60 bits per heavy atom. The minimum Gasteiger partial charge on any atom is -0.459 e. The first-order valence-corrected chi connectivity index (χ1v) is 8.38. The van der Waals surface area contributed by atoms with Crippen LogP contribution in [0.5, 0.6) is 0 Å². The Kier molecular flexibility index (Phi) is 8.56. The summed E-state index contributed by atoms with van der Waals surface area (Å²) < 4.78 is 4.53. The number of halogens is 1. The van der Waals surface area contributed by atoms with Gasteiger partial charge < -0.3 is 10.1 Å². The fourth-order valence-corrected chi connectivity index (χ4v) is 2.17. The molecule has 0 saturated heterocycles. The van der Waals surface area contributed by atoms with Gasteiger partial charge in [0, 0.05) is 18.0 Å². The van der Waals surface area contributed by atoms with Crippen molar-refractivity contribution < 1.29 is 19.1 Å². The quantitative estimate of drug-likeness (QED) is 0.651. The number of fused-ring (bicyclic) bond motifs is 1. The molecule has 7 heteroatoms. The topological polar surface area (TPSA) is 85.4 Å². The molecule has 0 fully saturated rings. The molecule has 0 saturated carbocycles. The molecule has 0 atom stereocenters. The standard InChI is InChI=1S/C16H15ClN2O4.C2H6/c1-2-23-16(22)15(21)19-9-13(20)6-10-3-4-14-11(5-10)7-12(17)8-18-14;1-2/h3-5,7-8H,2,6,9H2,1H3,(H,19,21);1-2H3. The first kappa shape index (κ1) is 20.6. The molecule has 0 aliphatic carbocycles. The number of esters is 1. The number of carbonyl (C=O) groups is 3. The van der Waals surface area contributed by atoms with Crippen LogP contribution in [-0.2, 0) is 25.5 Å². The number of pyridine rings is 1. The second-order valence-corrected chi connectivity index (χ2v) is 5.24. The van der Waals surface area contributed by atoms with Crippen LogP contribution in [0.1, 0.15) is 26.3 Å². The van der Waals surface area contributed by atoms with Gasteiger partial charge in [-0.25, -0.2) is 4.79 Å². The number of carbonyl (C=O) groups excluding carboxylic acids is 3. The SMILES string of the molecule is CC.CCOC(=O)C(=O)NCC(=O)Cc1ccc2ncc(Cl)cc2c1. The highest BCUT2D eigenvalue weighted by Gasteiger charge is 2.15. The molecule has 1 N–H and O–H groups in total. The van der Waals surface area contributed by atoms with Crippen molar-refractivity contribution in [3.05, 3.63) is 41.0 Å². The van der Waals surface area contributed by atoms with Gasteiger partial charge in [0.05, 0.1) is 23.7 Å². The minimum atomic E-state index is -0.994. The van der Waals surface area contributed by atoms with Gasteiger partial charge in [-0.2, -0.15) is 0 Å². The average Bonchev–Trinajstić information content (AvgIpc) is 2.61. The van der Waals surface area contributed by atoms with Crippen molar-refractivity contribution in [2.24, 2.45) is 0 Å². The van der Waals surface area contributed by atoms with Gasteiger partial charge in [0.15, 0.2) is 5.78 Å². The maximum atomic E-state index is 11.9. The van der Waals surface area contributed by atoms with Crippen LogP contribution < -0.4 is 5.32 Å². The lowest BCUT2D eigenvalue weighted by Crippen LogP contribution is -2.36. The molecule has 0 spiro atoms. The number of rotatable bonds is 5. The van der Waals surface area contributed by atoms with Crippen LogP contribution in [0.25, 0.3) is 10.9 Å². The zero-order valence-corrected chi connectivity index (χ0v) is 15.2. The smallest absolute Gasteiger partial charge is 0.396 e. The summed E-state index contributed by atoms with van der Waals surface area (Å²) >= 11 is 5.90. The Labute approximate surface area is 151 Å². The summed E-state index contributed by atoms with van der Waals surface area (Å²) in [5.74, 6) is -2.14. The van der Waals surface area contributed by atoms with Crippen LogP contribution in [0.4, 0.5) is 0 Å². The van der Waals surface area contributed by atoms with Crippen LogP contribution >= 0.6 is 11.6 Å². The van der Waals surface area contributed by atoms with Crippen molar-refractivity contribution in [2.75, 3.05) is 13.2 Å². The summed E-state index contributed by atoms with van der Waals surface area (Å²) in [6.07, 6.45) is 1.69. The van der Waals surface area contributed by atoms with E-state index in [1.54, 1.807) is 31.3 Å². The Morgan fingerprint density at radius 2 is 1.92 bits per heavy atom. The van der Waals surface area contributed by atoms with Crippen LogP contribution in [0.3, 0.4) is 0 Å². The number of ether oxygens (including phenoxy) is 1. The minimum absolute atomic E-state index is 0.105. The Hall–Kier alpha value is -2.47. The summed E-state index contributed by atoms with van der Waals surface area (Å²) in [5.41, 5.74) is 1.55. The van der Waals surface area contributed by atoms with E-state index in [1.165, 1.54) is 0 Å². The van der Waals surface area contributed by atoms with Gasteiger partial charge >= 0.3 is 11.9 Å². The highest BCUT2D eigenvalue weighted by molar-refractivity contribution is 6.32. The number of ketones is 1. The predicted molar refractivity (Wildman–Crippen MR) is 96.5 cm³/mol. The van der Waals surface area contributed by atoms with Crippen molar-refractivity contribution in [3.63, 3.8) is 0 Å². The number of amides is 1. The molecule has 1 aromatic carbocycles. The lowest BCUT2D eigenvalue weighted by atomic mass is 10.1. The number of hydrogen-bond donors (Lipinski definition) is 1. The van der Waals surface area contributed by atoms with Crippen molar-refractivity contribution in [3.8, 4) is 0 Å². The van der Waals surface area contributed by atoms with Gasteiger partial charge in [0.25, 0.3) is 0 Å². The molecule has 25 heavy (non-hydrogen) atoms. The fourth-order valence-electron chi connectivity index (χ4n) is 2.00. The second kappa shape index (κ2) is 10.4. The molecule has 0 aliphatic heterocycles. The number of aromatic nitrogens is 1. The summed E-state index contributed by atoms with van der Waals surface area (Å²) in [5, 5.41) is 3.59. The summed E-state index contributed by atoms with van der Waals surface area (Å²) in [7, 11) is 0. The van der Waals surface area contributed by atoms with Crippen molar-refractivity contribution in [1.82, 2.24) is 10.3 Å². The monoisotopic (exact) mass is 364 g/mol. The highest BCUT2D eigenvalue weighted by atomic mass is 35.5. The van der Waals surface area contributed by atoms with Crippen molar-refractivity contribution in [1.29, 1.82) is 0 Å². The Bertz CT molecular complexity index is 762. The zero-order valence-electron chi connectivity index (χ0n) is 14.5. The highest BCUT2D eigenvalue weighted by Crippen LogP contribution is 2.18. The summed E-state index contributed by atoms with van der Waals surface area (Å²) in [4.78, 5) is 38.5. The van der Waals surface area contributed by atoms with Gasteiger partial charge in [0.1, 0.15) is 0 Å². The zero-order chi connectivity index (χ0) is 18.8. The number of nitrogens with zero attached hydrogens (tertiary/aromatic N) is 1. The van der Waals surface area contributed by atoms with Gasteiger partial charge in [-0.15, -0.1) is 0 Å². The molecule has 2 rings (SSSR count). The summed E-state index contributed by atoms with van der Waals surface area (Å²) in [6, 6.07) is 7.17. The third-order valence-electron chi connectivity index (χ3n) is 3.02. The first-order valence-electron chi connectivity index (χ1n) is 8.00. The van der Waals surface area contributed by atoms with Crippen LogP contribution in [0, 0.1) is 0 Å². The van der Waals surface area contributed by atoms with Gasteiger partial charge in [-0.3, -0.25) is 14.6 Å². The van der Waals surface area contributed by atoms with Gasteiger partial charge in [-0.05, 0) is 30.7 Å². The largest absolute Gasteiger partial charge is 0.459 e. The molecular weight excluding hydrogens is 344 g/mol. The van der Waals surface area contributed by atoms with E-state index in [9.17, 15) is 14.4 Å². The molecule has 1 amide bonds. The molecule has 1 heterocycles. The third-order valence-corrected chi connectivity index (χ3v) is 3.23. The fraction of sp³-hybridized carbons (Fsp3) is 0.333. The molecule has 0 radical (unpaired) electrons. The number of nitrogens with one attached hydrogen (secondary N) is 1. The van der Waals surface area contributed by atoms with Crippen LogP contribution in [-0.4, -0.2) is 35.8 Å². The first-order chi connectivity index (χ1) is 12.0. The van der Waals surface area contributed by atoms with Crippen molar-refractivity contribution in [2.45, 2.75) is 27.2 Å². The Morgan fingerprint density at radius 1 is 1.20 bits per heavy atom. The molecule has 0 unspecified atom stereocenters. The van der Waals surface area contributed by atoms with E-state index < -0.39 is 11.9 Å². The van der Waals surface area contributed by atoms with Crippen LogP contribution in [0.2, 0.25) is 5.02 Å². The Balaban J connectivity index is 0.00000151. The third kappa shape index (κ3) is 6.51. The van der Waals surface area contributed by atoms with E-state index in [1.807, 2.05) is 19.9 Å². The van der Waals surface area contributed by atoms with E-state index >= 15 is 0 Å². The number of benzene rings is 1. The molecule has 1 aromatic heterocycles. The maximum absolute atomic E-state index is 11.9. The molecular formula is C18H21ClN2O4. The van der Waals surface area contributed by atoms with Crippen molar-refractivity contribution >= 4 is 40.2 Å². The van der Waals surface area contributed by atoms with E-state index in [0.29, 0.717) is 5.02 Å². The molecule has 2 aromatic rings. The predicted octanol–water partition coefficient (Wildman–Crippen LogP) is 2.71. The number of hydrogen-bond acceptors (Lipinski definition) is 5. The molecule has 0 bridgehead atoms.